The Morgan fingerprint density at radius 3 is 2.62 bits per heavy atom. The number of amides is 1. The van der Waals surface area contributed by atoms with E-state index in [9.17, 15) is 9.59 Å². The zero-order valence-corrected chi connectivity index (χ0v) is 18.3. The van der Waals surface area contributed by atoms with Crippen molar-refractivity contribution in [2.75, 3.05) is 34.9 Å². The van der Waals surface area contributed by atoms with E-state index in [1.165, 1.54) is 14.2 Å². The lowest BCUT2D eigenvalue weighted by atomic mass is 10.0. The number of hydrogen-bond acceptors (Lipinski definition) is 6. The minimum atomic E-state index is -1.13. The number of aromatic nitrogens is 2. The number of benzene rings is 2. The molecule has 1 amide bonds. The largest absolute Gasteiger partial charge is 0.497 e. The highest BCUT2D eigenvalue weighted by atomic mass is 16.5. The number of fused-ring (bicyclic) bond motifs is 1. The third-order valence-corrected chi connectivity index (χ3v) is 5.61. The Kier molecular flexibility index (Phi) is 5.59. The minimum absolute atomic E-state index is 0.142. The van der Waals surface area contributed by atoms with Gasteiger partial charge in [-0.25, -0.2) is 9.48 Å². The summed E-state index contributed by atoms with van der Waals surface area (Å²) < 4.78 is 17.4. The van der Waals surface area contributed by atoms with Crippen LogP contribution in [0.3, 0.4) is 0 Å². The number of nitrogens with zero attached hydrogens (tertiary/aromatic N) is 3. The molecule has 0 unspecified atom stereocenters. The van der Waals surface area contributed by atoms with Gasteiger partial charge in [0.25, 0.3) is 5.91 Å². The molecule has 0 radical (unpaired) electrons. The van der Waals surface area contributed by atoms with Gasteiger partial charge in [0.1, 0.15) is 5.75 Å². The van der Waals surface area contributed by atoms with Gasteiger partial charge in [0, 0.05) is 44.1 Å². The van der Waals surface area contributed by atoms with Gasteiger partial charge >= 0.3 is 5.97 Å². The molecule has 164 valence electrons. The first-order valence-electron chi connectivity index (χ1n) is 10.0. The van der Waals surface area contributed by atoms with E-state index < -0.39 is 11.6 Å². The fraction of sp³-hybridized carbons (Fsp3) is 0.292. The summed E-state index contributed by atoms with van der Waals surface area (Å²) in [5.74, 6) is 6.06. The molecule has 4 rings (SSSR count). The standard InChI is InChI=1S/C24H23N3O5/c1-26-13-12-24(32-4,23(26)29)11-10-16-6-5-7-17(14-16)27-20-15-18(30-2)8-9-19(20)21(25-27)22(28)31-3/h5-9,14-15H,12-13H2,1-4H3/t24-/m0/s1. The van der Waals surface area contributed by atoms with Crippen LogP contribution < -0.4 is 4.74 Å². The number of rotatable bonds is 4. The fourth-order valence-electron chi connectivity index (χ4n) is 3.75. The van der Waals surface area contributed by atoms with Gasteiger partial charge in [-0.15, -0.1) is 0 Å². The van der Waals surface area contributed by atoms with Crippen molar-refractivity contribution in [1.29, 1.82) is 0 Å². The molecule has 32 heavy (non-hydrogen) atoms. The Labute approximate surface area is 185 Å². The number of hydrogen-bond donors (Lipinski definition) is 0. The summed E-state index contributed by atoms with van der Waals surface area (Å²) in [6.45, 7) is 0.596. The third-order valence-electron chi connectivity index (χ3n) is 5.61. The van der Waals surface area contributed by atoms with Gasteiger partial charge in [-0.05, 0) is 30.3 Å². The molecule has 0 N–H and O–H groups in total. The predicted octanol–water partition coefficient (Wildman–Crippen LogP) is 2.42. The number of carbonyl (C=O) groups is 2. The summed E-state index contributed by atoms with van der Waals surface area (Å²) in [4.78, 5) is 26.4. The Bertz CT molecular complexity index is 1270. The van der Waals surface area contributed by atoms with E-state index in [1.807, 2.05) is 24.3 Å². The molecule has 8 nitrogen and oxygen atoms in total. The monoisotopic (exact) mass is 433 g/mol. The maximum absolute atomic E-state index is 12.5. The van der Waals surface area contributed by atoms with Crippen LogP contribution in [-0.2, 0) is 14.3 Å². The SMILES string of the molecule is COC(=O)c1nn(-c2cccc(C#C[C@]3(OC)CCN(C)C3=O)c2)c2cc(OC)ccc12. The predicted molar refractivity (Wildman–Crippen MR) is 118 cm³/mol. The van der Waals surface area contributed by atoms with Crippen LogP contribution in [0.5, 0.6) is 5.75 Å². The first-order chi connectivity index (χ1) is 15.4. The van der Waals surface area contributed by atoms with Crippen molar-refractivity contribution in [3.05, 3.63) is 53.7 Å². The highest BCUT2D eigenvalue weighted by molar-refractivity contribution is 6.02. The van der Waals surface area contributed by atoms with E-state index in [1.54, 1.807) is 41.9 Å². The second kappa shape index (κ2) is 8.36. The van der Waals surface area contributed by atoms with Gasteiger partial charge in [0.05, 0.1) is 25.4 Å². The minimum Gasteiger partial charge on any atom is -0.497 e. The quantitative estimate of drug-likeness (QED) is 0.464. The molecule has 0 saturated carbocycles. The first kappa shape index (κ1) is 21.4. The maximum Gasteiger partial charge on any atom is 0.359 e. The van der Waals surface area contributed by atoms with Crippen LogP contribution >= 0.6 is 0 Å². The van der Waals surface area contributed by atoms with E-state index >= 15 is 0 Å². The van der Waals surface area contributed by atoms with Crippen molar-refractivity contribution in [2.45, 2.75) is 12.0 Å². The number of likely N-dealkylation sites (tertiary alicyclic amines) is 1. The fourth-order valence-corrected chi connectivity index (χ4v) is 3.75. The lowest BCUT2D eigenvalue weighted by Crippen LogP contribution is -2.39. The Morgan fingerprint density at radius 2 is 1.97 bits per heavy atom. The van der Waals surface area contributed by atoms with Crippen molar-refractivity contribution in [2.24, 2.45) is 0 Å². The van der Waals surface area contributed by atoms with Crippen LogP contribution in [-0.4, -0.2) is 67.1 Å². The van der Waals surface area contributed by atoms with Gasteiger partial charge in [-0.2, -0.15) is 5.10 Å². The number of ether oxygens (including phenoxy) is 3. The van der Waals surface area contributed by atoms with Crippen LogP contribution in [0.1, 0.15) is 22.5 Å². The van der Waals surface area contributed by atoms with Crippen molar-refractivity contribution < 1.29 is 23.8 Å². The summed E-state index contributed by atoms with van der Waals surface area (Å²) >= 11 is 0. The Balaban J connectivity index is 1.79. The molecule has 0 aliphatic carbocycles. The smallest absolute Gasteiger partial charge is 0.359 e. The molecular formula is C24H23N3O5. The molecule has 1 atom stereocenters. The number of likely N-dealkylation sites (N-methyl/N-ethyl adjacent to an activating group) is 1. The average Bonchev–Trinajstić information content (AvgIpc) is 3.35. The van der Waals surface area contributed by atoms with E-state index in [0.29, 0.717) is 40.9 Å². The van der Waals surface area contributed by atoms with Crippen molar-refractivity contribution >= 4 is 22.8 Å². The van der Waals surface area contributed by atoms with Crippen LogP contribution in [0.2, 0.25) is 0 Å². The summed E-state index contributed by atoms with van der Waals surface area (Å²) in [5, 5.41) is 5.13. The summed E-state index contributed by atoms with van der Waals surface area (Å²) in [7, 11) is 6.13. The molecule has 2 heterocycles. The second-order valence-corrected chi connectivity index (χ2v) is 7.44. The lowest BCUT2D eigenvalue weighted by Gasteiger charge is -2.18. The zero-order chi connectivity index (χ0) is 22.9. The number of carbonyl (C=O) groups excluding carboxylic acids is 2. The summed E-state index contributed by atoms with van der Waals surface area (Å²) in [5.41, 5.74) is 1.16. The highest BCUT2D eigenvalue weighted by Crippen LogP contribution is 2.28. The van der Waals surface area contributed by atoms with Crippen LogP contribution in [0.4, 0.5) is 0 Å². The van der Waals surface area contributed by atoms with Gasteiger partial charge < -0.3 is 19.1 Å². The van der Waals surface area contributed by atoms with Crippen molar-refractivity contribution in [1.82, 2.24) is 14.7 Å². The summed E-state index contributed by atoms with van der Waals surface area (Å²) in [6, 6.07) is 12.7. The average molecular weight is 433 g/mol. The van der Waals surface area contributed by atoms with Crippen LogP contribution in [0.15, 0.2) is 42.5 Å². The normalized spacial score (nSPS) is 17.9. The Hall–Kier alpha value is -3.83. The molecule has 2 aromatic carbocycles. The van der Waals surface area contributed by atoms with Gasteiger partial charge in [-0.3, -0.25) is 4.79 Å². The molecule has 8 heteroatoms. The number of methoxy groups -OCH3 is 3. The zero-order valence-electron chi connectivity index (χ0n) is 18.3. The van der Waals surface area contributed by atoms with Gasteiger partial charge in [0.2, 0.25) is 5.60 Å². The van der Waals surface area contributed by atoms with E-state index in [2.05, 4.69) is 16.9 Å². The molecule has 1 saturated heterocycles. The molecule has 1 fully saturated rings. The van der Waals surface area contributed by atoms with Gasteiger partial charge in [0.15, 0.2) is 5.69 Å². The van der Waals surface area contributed by atoms with Crippen molar-refractivity contribution in [3.8, 4) is 23.3 Å². The van der Waals surface area contributed by atoms with E-state index in [0.717, 1.165) is 0 Å². The molecular weight excluding hydrogens is 410 g/mol. The molecule has 3 aromatic rings. The van der Waals surface area contributed by atoms with E-state index in [-0.39, 0.29) is 11.6 Å². The molecule has 0 bridgehead atoms. The molecule has 1 aromatic heterocycles. The summed E-state index contributed by atoms with van der Waals surface area (Å²) in [6.07, 6.45) is 0.512. The topological polar surface area (TPSA) is 82.9 Å². The van der Waals surface area contributed by atoms with Crippen LogP contribution in [0.25, 0.3) is 16.6 Å². The van der Waals surface area contributed by atoms with Crippen LogP contribution in [0, 0.1) is 11.8 Å². The highest BCUT2D eigenvalue weighted by Gasteiger charge is 2.44. The van der Waals surface area contributed by atoms with Gasteiger partial charge in [-0.1, -0.05) is 17.9 Å². The Morgan fingerprint density at radius 1 is 1.16 bits per heavy atom. The van der Waals surface area contributed by atoms with Crippen molar-refractivity contribution in [3.63, 3.8) is 0 Å². The molecule has 1 aliphatic heterocycles. The molecule has 1 aliphatic rings. The third kappa shape index (κ3) is 3.57. The maximum atomic E-state index is 12.5. The number of esters is 1. The van der Waals surface area contributed by atoms with E-state index in [4.69, 9.17) is 14.2 Å². The lowest BCUT2D eigenvalue weighted by molar-refractivity contribution is -0.139. The molecule has 0 spiro atoms. The first-order valence-corrected chi connectivity index (χ1v) is 10.0. The second-order valence-electron chi connectivity index (χ2n) is 7.44.